The Balaban J connectivity index is 4.15. The maximum Gasteiger partial charge on any atom is 0.309 e. The van der Waals surface area contributed by atoms with Crippen LogP contribution in [0.15, 0.2) is 29.9 Å². The molecule has 0 atom stereocenters. The lowest BCUT2D eigenvalue weighted by Crippen LogP contribution is -2.03. The van der Waals surface area contributed by atoms with Crippen LogP contribution < -0.4 is 0 Å². The fourth-order valence-electron chi connectivity index (χ4n) is 0.496. The fraction of sp³-hybridized carbons (Fsp3) is 0.250. The van der Waals surface area contributed by atoms with Crippen molar-refractivity contribution in [3.05, 3.63) is 24.9 Å². The number of aliphatic carboxylic acids is 1. The van der Waals surface area contributed by atoms with E-state index in [0.717, 1.165) is 0 Å². The van der Waals surface area contributed by atoms with Gasteiger partial charge in [-0.25, -0.2) is 0 Å². The van der Waals surface area contributed by atoms with Gasteiger partial charge >= 0.3 is 5.97 Å². The summed E-state index contributed by atoms with van der Waals surface area (Å²) in [5.41, 5.74) is 0.468. The smallest absolute Gasteiger partial charge is 0.309 e. The van der Waals surface area contributed by atoms with Gasteiger partial charge in [-0.1, -0.05) is 12.7 Å². The van der Waals surface area contributed by atoms with Crippen LogP contribution in [-0.2, 0) is 4.79 Å². The van der Waals surface area contributed by atoms with Gasteiger partial charge in [-0.05, 0) is 13.0 Å². The molecule has 0 heterocycles. The summed E-state index contributed by atoms with van der Waals surface area (Å²) in [7, 11) is 0. The van der Waals surface area contributed by atoms with Crippen molar-refractivity contribution >= 4 is 11.7 Å². The molecule has 0 aliphatic rings. The Morgan fingerprint density at radius 1 is 1.73 bits per heavy atom. The van der Waals surface area contributed by atoms with Gasteiger partial charge in [-0.3, -0.25) is 9.79 Å². The second-order valence-electron chi connectivity index (χ2n) is 1.88. The first kappa shape index (κ1) is 9.62. The molecule has 0 unspecified atom stereocenters. The van der Waals surface area contributed by atoms with Crippen molar-refractivity contribution in [1.29, 1.82) is 0 Å². The van der Waals surface area contributed by atoms with Crippen molar-refractivity contribution in [2.75, 3.05) is 0 Å². The number of allylic oxidation sites excluding steroid dienone is 2. The zero-order valence-electron chi connectivity index (χ0n) is 6.45. The van der Waals surface area contributed by atoms with Gasteiger partial charge in [0.05, 0.1) is 12.1 Å². The Morgan fingerprint density at radius 3 is 2.73 bits per heavy atom. The molecule has 0 radical (unpaired) electrons. The average molecular weight is 153 g/mol. The van der Waals surface area contributed by atoms with Gasteiger partial charge in [0.2, 0.25) is 0 Å². The molecule has 11 heavy (non-hydrogen) atoms. The highest BCUT2D eigenvalue weighted by molar-refractivity contribution is 6.05. The number of carbonyl (C=O) groups is 1. The third-order valence-corrected chi connectivity index (χ3v) is 0.957. The third kappa shape index (κ3) is 5.08. The number of aliphatic imine (C=N–C) groups is 1. The van der Waals surface area contributed by atoms with Crippen molar-refractivity contribution in [1.82, 2.24) is 0 Å². The molecular weight excluding hydrogens is 142 g/mol. The highest BCUT2D eigenvalue weighted by atomic mass is 16.4. The maximum absolute atomic E-state index is 10.2. The molecule has 3 nitrogen and oxygen atoms in total. The second-order valence-corrected chi connectivity index (χ2v) is 1.88. The molecule has 0 saturated carbocycles. The van der Waals surface area contributed by atoms with Crippen LogP contribution in [0.3, 0.4) is 0 Å². The lowest BCUT2D eigenvalue weighted by molar-refractivity contribution is -0.135. The van der Waals surface area contributed by atoms with E-state index in [0.29, 0.717) is 5.71 Å². The highest BCUT2D eigenvalue weighted by Gasteiger charge is 1.99. The van der Waals surface area contributed by atoms with Gasteiger partial charge in [0, 0.05) is 6.20 Å². The van der Waals surface area contributed by atoms with Crippen LogP contribution in [0, 0.1) is 0 Å². The minimum Gasteiger partial charge on any atom is -0.481 e. The molecule has 0 aliphatic carbocycles. The van der Waals surface area contributed by atoms with E-state index in [2.05, 4.69) is 11.6 Å². The van der Waals surface area contributed by atoms with Gasteiger partial charge < -0.3 is 5.11 Å². The number of carboxylic acids is 1. The number of carboxylic acid groups (broad SMARTS) is 1. The van der Waals surface area contributed by atoms with E-state index >= 15 is 0 Å². The number of hydrogen-bond donors (Lipinski definition) is 1. The molecule has 0 aliphatic heterocycles. The van der Waals surface area contributed by atoms with Crippen molar-refractivity contribution in [2.24, 2.45) is 4.99 Å². The molecule has 1 N–H and O–H groups in total. The van der Waals surface area contributed by atoms with E-state index in [4.69, 9.17) is 5.11 Å². The van der Waals surface area contributed by atoms with Crippen LogP contribution in [0.5, 0.6) is 0 Å². The summed E-state index contributed by atoms with van der Waals surface area (Å²) < 4.78 is 0. The summed E-state index contributed by atoms with van der Waals surface area (Å²) in [6, 6.07) is 0. The third-order valence-electron chi connectivity index (χ3n) is 0.957. The van der Waals surface area contributed by atoms with E-state index in [1.165, 1.54) is 6.08 Å². The van der Waals surface area contributed by atoms with Crippen molar-refractivity contribution < 1.29 is 9.90 Å². The predicted molar refractivity (Wildman–Crippen MR) is 44.7 cm³/mol. The Bertz CT molecular complexity index is 204. The summed E-state index contributed by atoms with van der Waals surface area (Å²) >= 11 is 0. The van der Waals surface area contributed by atoms with Crippen LogP contribution in [-0.4, -0.2) is 16.8 Å². The lowest BCUT2D eigenvalue weighted by Gasteiger charge is -1.91. The Morgan fingerprint density at radius 2 is 2.36 bits per heavy atom. The number of rotatable bonds is 4. The monoisotopic (exact) mass is 153 g/mol. The molecule has 0 spiro atoms. The Hall–Kier alpha value is -1.38. The summed E-state index contributed by atoms with van der Waals surface area (Å²) in [5, 5.41) is 8.36. The molecule has 0 aromatic heterocycles. The van der Waals surface area contributed by atoms with E-state index in [-0.39, 0.29) is 6.42 Å². The largest absolute Gasteiger partial charge is 0.481 e. The van der Waals surface area contributed by atoms with Crippen LogP contribution in [0.1, 0.15) is 13.3 Å². The molecule has 0 fully saturated rings. The molecule has 0 saturated heterocycles. The minimum atomic E-state index is -0.895. The van der Waals surface area contributed by atoms with Crippen LogP contribution >= 0.6 is 0 Å². The van der Waals surface area contributed by atoms with Crippen LogP contribution in [0.2, 0.25) is 0 Å². The van der Waals surface area contributed by atoms with Gasteiger partial charge in [0.25, 0.3) is 0 Å². The molecule has 0 rings (SSSR count). The number of hydrogen-bond acceptors (Lipinski definition) is 2. The molecule has 0 bridgehead atoms. The average Bonchev–Trinajstić information content (AvgIpc) is 1.97. The minimum absolute atomic E-state index is 0.0756. The molecule has 0 aromatic carbocycles. The van der Waals surface area contributed by atoms with Gasteiger partial charge in [0.15, 0.2) is 0 Å². The van der Waals surface area contributed by atoms with E-state index < -0.39 is 5.97 Å². The second kappa shape index (κ2) is 5.41. The van der Waals surface area contributed by atoms with Gasteiger partial charge in [0.1, 0.15) is 0 Å². The van der Waals surface area contributed by atoms with Crippen molar-refractivity contribution in [2.45, 2.75) is 13.3 Å². The highest BCUT2D eigenvalue weighted by Crippen LogP contribution is 1.89. The lowest BCUT2D eigenvalue weighted by atomic mass is 10.3. The first-order valence-corrected chi connectivity index (χ1v) is 3.22. The van der Waals surface area contributed by atoms with Gasteiger partial charge in [-0.15, -0.1) is 0 Å². The first-order valence-electron chi connectivity index (χ1n) is 3.22. The normalized spacial score (nSPS) is 11.9. The van der Waals surface area contributed by atoms with Crippen LogP contribution in [0.4, 0.5) is 0 Å². The summed E-state index contributed by atoms with van der Waals surface area (Å²) in [5.74, 6) is -0.895. The maximum atomic E-state index is 10.2. The van der Waals surface area contributed by atoms with Crippen molar-refractivity contribution in [3.63, 3.8) is 0 Å². The molecule has 60 valence electrons. The standard InChI is InChI=1S/C8H11NO2/c1-3-5-9-7(4-2)6-8(10)11/h3-5H,2,6H2,1H3,(H,10,11)/b5-3-,9-7?. The molecule has 0 aromatic rings. The van der Waals surface area contributed by atoms with Crippen molar-refractivity contribution in [3.8, 4) is 0 Å². The Kier molecular flexibility index (Phi) is 4.73. The van der Waals surface area contributed by atoms with E-state index in [1.54, 1.807) is 12.3 Å². The fourth-order valence-corrected chi connectivity index (χ4v) is 0.496. The van der Waals surface area contributed by atoms with Crippen LogP contribution in [0.25, 0.3) is 0 Å². The zero-order chi connectivity index (χ0) is 8.69. The quantitative estimate of drug-likeness (QED) is 0.624. The van der Waals surface area contributed by atoms with E-state index in [1.807, 2.05) is 6.92 Å². The number of nitrogens with zero attached hydrogens (tertiary/aromatic N) is 1. The SMILES string of the molecule is C=CC(CC(=O)O)=N/C=C\C. The van der Waals surface area contributed by atoms with Gasteiger partial charge in [-0.2, -0.15) is 0 Å². The first-order chi connectivity index (χ1) is 5.20. The topological polar surface area (TPSA) is 49.7 Å². The predicted octanol–water partition coefficient (Wildman–Crippen LogP) is 1.62. The Labute approximate surface area is 65.8 Å². The van der Waals surface area contributed by atoms with E-state index in [9.17, 15) is 4.79 Å². The summed E-state index contributed by atoms with van der Waals surface area (Å²) in [6.45, 7) is 5.25. The zero-order valence-corrected chi connectivity index (χ0v) is 6.45. The summed E-state index contributed by atoms with van der Waals surface area (Å²) in [4.78, 5) is 14.0. The summed E-state index contributed by atoms with van der Waals surface area (Å²) in [6.07, 6.45) is 4.63. The molecule has 3 heteroatoms. The molecule has 0 amide bonds. The molecular formula is C8H11NO2.